The number of benzene rings is 2. The molecule has 2 atom stereocenters. The maximum atomic E-state index is 13.2. The van der Waals surface area contributed by atoms with Crippen LogP contribution in [0, 0.1) is 5.82 Å². The minimum Gasteiger partial charge on any atom is -0.483 e. The van der Waals surface area contributed by atoms with Crippen molar-refractivity contribution in [2.45, 2.75) is 39.1 Å². The highest BCUT2D eigenvalue weighted by atomic mass is 35.5. The molecule has 36 heavy (non-hydrogen) atoms. The van der Waals surface area contributed by atoms with Crippen LogP contribution in [-0.2, 0) is 32.7 Å². The van der Waals surface area contributed by atoms with E-state index in [0.717, 1.165) is 11.8 Å². The lowest BCUT2D eigenvalue weighted by atomic mass is 10.1. The predicted octanol–water partition coefficient (Wildman–Crippen LogP) is 3.17. The molecule has 1 fully saturated rings. The molecule has 3 rings (SSSR count). The molecule has 0 aromatic heterocycles. The Morgan fingerprint density at radius 2 is 1.81 bits per heavy atom. The number of carbonyl (C=O) groups is 2. The maximum absolute atomic E-state index is 13.2. The van der Waals surface area contributed by atoms with Crippen LogP contribution in [0.25, 0.3) is 0 Å². The number of nitrogens with one attached hydrogen (secondary N) is 1. The van der Waals surface area contributed by atoms with Crippen molar-refractivity contribution >= 4 is 33.6 Å². The van der Waals surface area contributed by atoms with Gasteiger partial charge in [0, 0.05) is 42.3 Å². The van der Waals surface area contributed by atoms with Crippen LogP contribution in [0.15, 0.2) is 42.5 Å². The Labute approximate surface area is 215 Å². The van der Waals surface area contributed by atoms with Crippen LogP contribution in [0.5, 0.6) is 5.75 Å². The van der Waals surface area contributed by atoms with Crippen molar-refractivity contribution in [1.82, 2.24) is 14.5 Å². The van der Waals surface area contributed by atoms with Crippen molar-refractivity contribution in [2.75, 3.05) is 26.0 Å². The number of piperazine rings is 1. The summed E-state index contributed by atoms with van der Waals surface area (Å²) in [6.45, 7) is 5.27. The van der Waals surface area contributed by atoms with Gasteiger partial charge in [0.05, 0.1) is 6.26 Å². The fraction of sp³-hybridized carbons (Fsp3) is 0.417. The zero-order valence-corrected chi connectivity index (χ0v) is 21.8. The first-order valence-electron chi connectivity index (χ1n) is 11.2. The second-order valence-electron chi connectivity index (χ2n) is 8.79. The third kappa shape index (κ3) is 8.07. The topological polar surface area (TPSA) is 105 Å². The van der Waals surface area contributed by atoms with Crippen molar-refractivity contribution in [3.8, 4) is 5.75 Å². The Hall–Kier alpha value is -2.89. The Balaban J connectivity index is 1.57. The molecule has 1 heterocycles. The molecule has 2 aromatic carbocycles. The van der Waals surface area contributed by atoms with Crippen LogP contribution in [0.4, 0.5) is 9.18 Å². The molecule has 1 N–H and O–H groups in total. The largest absolute Gasteiger partial charge is 0.483 e. The van der Waals surface area contributed by atoms with Gasteiger partial charge in [-0.3, -0.25) is 9.69 Å². The number of rotatable bonds is 8. The van der Waals surface area contributed by atoms with E-state index >= 15 is 0 Å². The molecule has 2 amide bonds. The first-order valence-corrected chi connectivity index (χ1v) is 13.5. The molecule has 12 heteroatoms. The Bertz CT molecular complexity index is 1190. The van der Waals surface area contributed by atoms with Crippen molar-refractivity contribution in [3.63, 3.8) is 0 Å². The van der Waals surface area contributed by atoms with Gasteiger partial charge in [-0.05, 0) is 49.7 Å². The van der Waals surface area contributed by atoms with Gasteiger partial charge in [-0.15, -0.1) is 0 Å². The van der Waals surface area contributed by atoms with Crippen molar-refractivity contribution < 1.29 is 31.9 Å². The second kappa shape index (κ2) is 11.9. The van der Waals surface area contributed by atoms with E-state index in [1.807, 2.05) is 13.8 Å². The predicted molar refractivity (Wildman–Crippen MR) is 133 cm³/mol. The average molecular weight is 542 g/mol. The van der Waals surface area contributed by atoms with Crippen LogP contribution in [0.2, 0.25) is 5.02 Å². The summed E-state index contributed by atoms with van der Waals surface area (Å²) in [5, 5.41) is 0.357. The van der Waals surface area contributed by atoms with E-state index in [1.54, 1.807) is 33.9 Å². The summed E-state index contributed by atoms with van der Waals surface area (Å²) < 4.78 is 47.9. The SMILES string of the molecule is C[C@@H]1CN(Cc2ccc(F)cc2)[C@@H](C)CN1C(=O)COc1ccc(Cl)cc1COC(=O)NS(C)(=O)=O. The molecule has 0 aliphatic carbocycles. The third-order valence-electron chi connectivity index (χ3n) is 5.74. The van der Waals surface area contributed by atoms with E-state index in [4.69, 9.17) is 21.1 Å². The summed E-state index contributed by atoms with van der Waals surface area (Å²) in [5.41, 5.74) is 1.38. The fourth-order valence-corrected chi connectivity index (χ4v) is 4.49. The highest BCUT2D eigenvalue weighted by molar-refractivity contribution is 7.89. The lowest BCUT2D eigenvalue weighted by molar-refractivity contribution is -0.139. The first kappa shape index (κ1) is 27.7. The van der Waals surface area contributed by atoms with Crippen LogP contribution in [-0.4, -0.2) is 68.3 Å². The molecule has 9 nitrogen and oxygen atoms in total. The lowest BCUT2D eigenvalue weighted by Crippen LogP contribution is -2.58. The van der Waals surface area contributed by atoms with E-state index in [9.17, 15) is 22.4 Å². The number of ether oxygens (including phenoxy) is 2. The summed E-state index contributed by atoms with van der Waals surface area (Å²) in [7, 11) is -3.76. The van der Waals surface area contributed by atoms with E-state index in [0.29, 0.717) is 30.2 Å². The minimum absolute atomic E-state index is 0.0644. The van der Waals surface area contributed by atoms with Crippen LogP contribution in [0.3, 0.4) is 0 Å². The highest BCUT2D eigenvalue weighted by Gasteiger charge is 2.32. The molecule has 0 saturated carbocycles. The Morgan fingerprint density at radius 3 is 2.47 bits per heavy atom. The molecule has 1 aliphatic rings. The quantitative estimate of drug-likeness (QED) is 0.547. The van der Waals surface area contributed by atoms with Gasteiger partial charge < -0.3 is 14.4 Å². The number of carbonyl (C=O) groups excluding carboxylic acids is 2. The van der Waals surface area contributed by atoms with Gasteiger partial charge in [0.1, 0.15) is 18.2 Å². The number of amides is 2. The molecule has 0 radical (unpaired) electrons. The molecule has 196 valence electrons. The minimum atomic E-state index is -3.76. The van der Waals surface area contributed by atoms with E-state index in [2.05, 4.69) is 4.90 Å². The van der Waals surface area contributed by atoms with Gasteiger partial charge in [-0.25, -0.2) is 22.3 Å². The molecule has 0 spiro atoms. The number of hydrogen-bond donors (Lipinski definition) is 1. The van der Waals surface area contributed by atoms with Crippen molar-refractivity contribution in [3.05, 3.63) is 64.4 Å². The Kier molecular flexibility index (Phi) is 9.15. The molecular formula is C24H29ClFN3O6S. The zero-order chi connectivity index (χ0) is 26.5. The van der Waals surface area contributed by atoms with Gasteiger partial charge in [-0.2, -0.15) is 0 Å². The average Bonchev–Trinajstić information content (AvgIpc) is 2.79. The molecule has 0 unspecified atom stereocenters. The van der Waals surface area contributed by atoms with E-state index in [1.165, 1.54) is 18.2 Å². The third-order valence-corrected chi connectivity index (χ3v) is 6.51. The molecule has 1 aliphatic heterocycles. The summed E-state index contributed by atoms with van der Waals surface area (Å²) in [6, 6.07) is 11.0. The monoisotopic (exact) mass is 541 g/mol. The lowest BCUT2D eigenvalue weighted by Gasteiger charge is -2.44. The molecule has 0 bridgehead atoms. The fourth-order valence-electron chi connectivity index (χ4n) is 3.94. The second-order valence-corrected chi connectivity index (χ2v) is 11.0. The van der Waals surface area contributed by atoms with E-state index < -0.39 is 16.1 Å². The summed E-state index contributed by atoms with van der Waals surface area (Å²) in [4.78, 5) is 28.7. The number of nitrogens with zero attached hydrogens (tertiary/aromatic N) is 2. The van der Waals surface area contributed by atoms with Crippen LogP contribution >= 0.6 is 11.6 Å². The highest BCUT2D eigenvalue weighted by Crippen LogP contribution is 2.25. The molecule has 1 saturated heterocycles. The number of sulfonamides is 1. The number of hydrogen-bond acceptors (Lipinski definition) is 7. The van der Waals surface area contributed by atoms with Gasteiger partial charge in [0.2, 0.25) is 10.0 Å². The van der Waals surface area contributed by atoms with Gasteiger partial charge in [0.15, 0.2) is 6.61 Å². The molecular weight excluding hydrogens is 513 g/mol. The van der Waals surface area contributed by atoms with Gasteiger partial charge in [0.25, 0.3) is 5.91 Å². The van der Waals surface area contributed by atoms with Gasteiger partial charge >= 0.3 is 6.09 Å². The Morgan fingerprint density at radius 1 is 1.11 bits per heavy atom. The normalized spacial score (nSPS) is 18.5. The summed E-state index contributed by atoms with van der Waals surface area (Å²) in [5.74, 6) is -0.189. The summed E-state index contributed by atoms with van der Waals surface area (Å²) >= 11 is 6.03. The zero-order valence-electron chi connectivity index (χ0n) is 20.2. The number of halogens is 2. The molecule has 2 aromatic rings. The first-order chi connectivity index (χ1) is 16.9. The maximum Gasteiger partial charge on any atom is 0.421 e. The standard InChI is InChI=1S/C24H29ClFN3O6S/c1-16-12-29(17(2)11-28(16)13-18-4-7-21(26)8-5-18)23(30)15-34-22-9-6-20(25)10-19(22)14-35-24(31)27-36(3,32)33/h4-10,16-17H,11-15H2,1-3H3,(H,27,31)/t16-,17+/m0/s1. The smallest absolute Gasteiger partial charge is 0.421 e. The van der Waals surface area contributed by atoms with Crippen molar-refractivity contribution in [1.29, 1.82) is 0 Å². The van der Waals surface area contributed by atoms with Crippen LogP contribution < -0.4 is 9.46 Å². The van der Waals surface area contributed by atoms with E-state index in [-0.39, 0.29) is 42.8 Å². The van der Waals surface area contributed by atoms with Crippen LogP contribution in [0.1, 0.15) is 25.0 Å². The van der Waals surface area contributed by atoms with Gasteiger partial charge in [-0.1, -0.05) is 23.7 Å². The summed E-state index contributed by atoms with van der Waals surface area (Å²) in [6.07, 6.45) is -0.307. The van der Waals surface area contributed by atoms with Crippen molar-refractivity contribution in [2.24, 2.45) is 0 Å².